The predicted molar refractivity (Wildman–Crippen MR) is 119 cm³/mol. The van der Waals surface area contributed by atoms with Gasteiger partial charge in [-0.3, -0.25) is 4.79 Å². The first-order chi connectivity index (χ1) is 15.1. The minimum atomic E-state index is -4.22. The van der Waals surface area contributed by atoms with Crippen LogP contribution in [0.5, 0.6) is 0 Å². The summed E-state index contributed by atoms with van der Waals surface area (Å²) in [6.07, 6.45) is 0. The number of carboxylic acid groups (broad SMARTS) is 1. The summed E-state index contributed by atoms with van der Waals surface area (Å²) < 4.78 is 26.5. The Morgan fingerprint density at radius 2 is 1.53 bits per heavy atom. The van der Waals surface area contributed by atoms with Crippen molar-refractivity contribution in [2.75, 3.05) is 5.32 Å². The molecule has 0 saturated heterocycles. The Labute approximate surface area is 192 Å². The van der Waals surface area contributed by atoms with Crippen LogP contribution >= 0.6 is 23.2 Å². The van der Waals surface area contributed by atoms with Crippen molar-refractivity contribution >= 4 is 56.7 Å². The summed E-state index contributed by atoms with van der Waals surface area (Å²) in [6, 6.07) is 13.7. The molecular formula is C21H14Cl2N2O6S. The second-order valence-electron chi connectivity index (χ2n) is 6.39. The number of amides is 2. The maximum atomic E-state index is 12.8. The molecule has 0 saturated carbocycles. The Balaban J connectivity index is 1.84. The first-order valence-corrected chi connectivity index (χ1v) is 11.1. The number of sulfonamides is 1. The molecule has 0 aliphatic rings. The van der Waals surface area contributed by atoms with Gasteiger partial charge in [0.05, 0.1) is 21.2 Å². The highest BCUT2D eigenvalue weighted by molar-refractivity contribution is 7.90. The van der Waals surface area contributed by atoms with Crippen LogP contribution in [0.25, 0.3) is 0 Å². The van der Waals surface area contributed by atoms with E-state index < -0.39 is 27.8 Å². The number of hydrogen-bond donors (Lipinski definition) is 3. The maximum absolute atomic E-state index is 12.8. The molecule has 0 fully saturated rings. The van der Waals surface area contributed by atoms with Gasteiger partial charge in [0.25, 0.3) is 10.0 Å². The standard InChI is InChI=1S/C21H14Cl2N2O6S/c22-13-4-3-5-14(11-13)32(30,31)25-21(29)24-18-10-12(8-9-17(18)23)19(26)15-6-1-2-7-16(15)20(27)28/h1-11H,(H,27,28)(H2,24,25,29). The zero-order valence-corrected chi connectivity index (χ0v) is 18.3. The first kappa shape index (κ1) is 23.3. The lowest BCUT2D eigenvalue weighted by Crippen LogP contribution is -2.34. The van der Waals surface area contributed by atoms with E-state index in [9.17, 15) is 27.9 Å². The Bertz CT molecular complexity index is 1340. The number of carboxylic acids is 1. The molecule has 0 atom stereocenters. The van der Waals surface area contributed by atoms with Gasteiger partial charge >= 0.3 is 12.0 Å². The summed E-state index contributed by atoms with van der Waals surface area (Å²) in [5.41, 5.74) is -0.256. The molecule has 0 radical (unpaired) electrons. The Morgan fingerprint density at radius 3 is 2.19 bits per heavy atom. The quantitative estimate of drug-likeness (QED) is 0.436. The van der Waals surface area contributed by atoms with Crippen LogP contribution in [-0.2, 0) is 10.0 Å². The number of carbonyl (C=O) groups excluding carboxylic acids is 2. The molecule has 164 valence electrons. The van der Waals surface area contributed by atoms with Gasteiger partial charge in [0, 0.05) is 16.1 Å². The van der Waals surface area contributed by atoms with Crippen molar-refractivity contribution in [3.8, 4) is 0 Å². The lowest BCUT2D eigenvalue weighted by Gasteiger charge is -2.12. The molecule has 0 heterocycles. The number of ketones is 1. The summed E-state index contributed by atoms with van der Waals surface area (Å²) in [4.78, 5) is 36.3. The van der Waals surface area contributed by atoms with E-state index >= 15 is 0 Å². The van der Waals surface area contributed by atoms with Crippen LogP contribution in [0.15, 0.2) is 71.6 Å². The normalized spacial score (nSPS) is 10.9. The Kier molecular flexibility index (Phi) is 6.83. The summed E-state index contributed by atoms with van der Waals surface area (Å²) in [7, 11) is -4.22. The number of urea groups is 1. The molecule has 0 unspecified atom stereocenters. The average molecular weight is 493 g/mol. The van der Waals surface area contributed by atoms with Crippen molar-refractivity contribution in [1.82, 2.24) is 4.72 Å². The minimum Gasteiger partial charge on any atom is -0.478 e. The number of hydrogen-bond acceptors (Lipinski definition) is 5. The van der Waals surface area contributed by atoms with E-state index in [1.807, 2.05) is 4.72 Å². The van der Waals surface area contributed by atoms with Gasteiger partial charge in [0.1, 0.15) is 0 Å². The molecule has 3 rings (SSSR count). The molecule has 11 heteroatoms. The fourth-order valence-electron chi connectivity index (χ4n) is 2.75. The minimum absolute atomic E-state index is 0.0309. The summed E-state index contributed by atoms with van der Waals surface area (Å²) >= 11 is 11.9. The van der Waals surface area contributed by atoms with Gasteiger partial charge in [0.2, 0.25) is 0 Å². The summed E-state index contributed by atoms with van der Waals surface area (Å²) in [5, 5.41) is 11.8. The van der Waals surface area contributed by atoms with Crippen molar-refractivity contribution in [1.29, 1.82) is 0 Å². The van der Waals surface area contributed by atoms with E-state index in [4.69, 9.17) is 23.2 Å². The van der Waals surface area contributed by atoms with Crippen LogP contribution in [0.4, 0.5) is 10.5 Å². The van der Waals surface area contributed by atoms with Crippen LogP contribution in [-0.4, -0.2) is 31.3 Å². The highest BCUT2D eigenvalue weighted by atomic mass is 35.5. The van der Waals surface area contributed by atoms with Gasteiger partial charge in [-0.1, -0.05) is 47.5 Å². The van der Waals surface area contributed by atoms with Crippen LogP contribution in [0, 0.1) is 0 Å². The second-order valence-corrected chi connectivity index (χ2v) is 8.92. The van der Waals surface area contributed by atoms with Gasteiger partial charge in [0.15, 0.2) is 5.78 Å². The number of aromatic carboxylic acids is 1. The molecule has 2 amide bonds. The third kappa shape index (κ3) is 5.25. The number of carbonyl (C=O) groups is 3. The molecule has 3 aromatic rings. The highest BCUT2D eigenvalue weighted by Gasteiger charge is 2.21. The number of rotatable bonds is 6. The SMILES string of the molecule is O=C(Nc1cc(C(=O)c2ccccc2C(=O)O)ccc1Cl)NS(=O)(=O)c1cccc(Cl)c1. The van der Waals surface area contributed by atoms with Gasteiger partial charge in [-0.25, -0.2) is 22.7 Å². The topological polar surface area (TPSA) is 130 Å². The van der Waals surface area contributed by atoms with E-state index in [0.29, 0.717) is 0 Å². The monoisotopic (exact) mass is 492 g/mol. The van der Waals surface area contributed by atoms with Crippen LogP contribution in [0.2, 0.25) is 10.0 Å². The molecule has 0 aliphatic heterocycles. The molecule has 32 heavy (non-hydrogen) atoms. The number of anilines is 1. The van der Waals surface area contributed by atoms with Crippen molar-refractivity contribution in [2.24, 2.45) is 0 Å². The van der Waals surface area contributed by atoms with E-state index in [-0.39, 0.29) is 37.3 Å². The third-order valence-corrected chi connectivity index (χ3v) is 6.11. The zero-order chi connectivity index (χ0) is 23.5. The number of nitrogens with one attached hydrogen (secondary N) is 2. The van der Waals surface area contributed by atoms with E-state index in [1.165, 1.54) is 66.7 Å². The molecular weight excluding hydrogens is 479 g/mol. The average Bonchev–Trinajstić information content (AvgIpc) is 2.74. The van der Waals surface area contributed by atoms with Gasteiger partial charge in [-0.2, -0.15) is 0 Å². The molecule has 0 aliphatic carbocycles. The molecule has 8 nitrogen and oxygen atoms in total. The first-order valence-electron chi connectivity index (χ1n) is 8.84. The van der Waals surface area contributed by atoms with Crippen LogP contribution in [0.1, 0.15) is 26.3 Å². The Morgan fingerprint density at radius 1 is 0.844 bits per heavy atom. The second kappa shape index (κ2) is 9.39. The number of benzene rings is 3. The van der Waals surface area contributed by atoms with Gasteiger partial charge < -0.3 is 10.4 Å². The van der Waals surface area contributed by atoms with Crippen molar-refractivity contribution in [2.45, 2.75) is 4.90 Å². The van der Waals surface area contributed by atoms with E-state index in [0.717, 1.165) is 0 Å². The highest BCUT2D eigenvalue weighted by Crippen LogP contribution is 2.25. The fraction of sp³-hybridized carbons (Fsp3) is 0. The lowest BCUT2D eigenvalue weighted by molar-refractivity contribution is 0.0692. The molecule has 3 N–H and O–H groups in total. The fourth-order valence-corrected chi connectivity index (χ4v) is 4.12. The largest absolute Gasteiger partial charge is 0.478 e. The predicted octanol–water partition coefficient (Wildman–Crippen LogP) is 4.43. The number of halogens is 2. The molecule has 3 aromatic carbocycles. The Hall–Kier alpha value is -3.40. The van der Waals surface area contributed by atoms with Gasteiger partial charge in [-0.05, 0) is 42.5 Å². The maximum Gasteiger partial charge on any atom is 0.336 e. The van der Waals surface area contributed by atoms with Gasteiger partial charge in [-0.15, -0.1) is 0 Å². The van der Waals surface area contributed by atoms with Crippen molar-refractivity contribution in [3.05, 3.63) is 93.5 Å². The van der Waals surface area contributed by atoms with Crippen LogP contribution in [0.3, 0.4) is 0 Å². The molecule has 0 bridgehead atoms. The van der Waals surface area contributed by atoms with Crippen molar-refractivity contribution < 1.29 is 27.9 Å². The van der Waals surface area contributed by atoms with Crippen molar-refractivity contribution in [3.63, 3.8) is 0 Å². The molecule has 0 aromatic heterocycles. The zero-order valence-electron chi connectivity index (χ0n) is 16.0. The summed E-state index contributed by atoms with van der Waals surface area (Å²) in [6.45, 7) is 0. The smallest absolute Gasteiger partial charge is 0.336 e. The van der Waals surface area contributed by atoms with E-state index in [2.05, 4.69) is 5.32 Å². The third-order valence-electron chi connectivity index (χ3n) is 4.21. The molecule has 0 spiro atoms. The lowest BCUT2D eigenvalue weighted by atomic mass is 9.98. The summed E-state index contributed by atoms with van der Waals surface area (Å²) in [5.74, 6) is -1.89. The van der Waals surface area contributed by atoms with E-state index in [1.54, 1.807) is 0 Å². The van der Waals surface area contributed by atoms with Crippen LogP contribution < -0.4 is 10.0 Å².